The van der Waals surface area contributed by atoms with Gasteiger partial charge in [-0.1, -0.05) is 11.6 Å². The Balaban J connectivity index is 2.19. The third kappa shape index (κ3) is 3.04. The first-order valence-electron chi connectivity index (χ1n) is 6.18. The SMILES string of the molecule is COc1cc(NC(C)c2cc(C)oc2C)ccc1Cl. The number of aryl methyl sites for hydroxylation is 2. The zero-order chi connectivity index (χ0) is 14.0. The highest BCUT2D eigenvalue weighted by Crippen LogP contribution is 2.30. The standard InChI is InChI=1S/C15H18ClNO2/c1-9-7-13(11(3)19-9)10(2)17-12-5-6-14(16)15(8-12)18-4/h5-8,10,17H,1-4H3. The third-order valence-corrected chi connectivity index (χ3v) is 3.39. The second-order valence-electron chi connectivity index (χ2n) is 4.58. The van der Waals surface area contributed by atoms with Crippen molar-refractivity contribution in [3.63, 3.8) is 0 Å². The predicted molar refractivity (Wildman–Crippen MR) is 78.2 cm³/mol. The first-order valence-corrected chi connectivity index (χ1v) is 6.56. The number of furan rings is 1. The molecule has 1 N–H and O–H groups in total. The van der Waals surface area contributed by atoms with Crippen LogP contribution < -0.4 is 10.1 Å². The molecule has 1 heterocycles. The summed E-state index contributed by atoms with van der Waals surface area (Å²) in [5, 5.41) is 4.02. The van der Waals surface area contributed by atoms with Crippen LogP contribution in [0.2, 0.25) is 5.02 Å². The fourth-order valence-electron chi connectivity index (χ4n) is 2.16. The van der Waals surface area contributed by atoms with Crippen LogP contribution in [-0.4, -0.2) is 7.11 Å². The van der Waals surface area contributed by atoms with E-state index in [0.717, 1.165) is 22.8 Å². The summed E-state index contributed by atoms with van der Waals surface area (Å²) in [4.78, 5) is 0. The quantitative estimate of drug-likeness (QED) is 0.878. The van der Waals surface area contributed by atoms with Gasteiger partial charge in [-0.3, -0.25) is 0 Å². The van der Waals surface area contributed by atoms with Gasteiger partial charge in [-0.05, 0) is 39.0 Å². The summed E-state index contributed by atoms with van der Waals surface area (Å²) in [5.74, 6) is 2.53. The van der Waals surface area contributed by atoms with Gasteiger partial charge in [0, 0.05) is 17.3 Å². The number of anilines is 1. The highest BCUT2D eigenvalue weighted by Gasteiger charge is 2.13. The van der Waals surface area contributed by atoms with E-state index < -0.39 is 0 Å². The molecule has 1 unspecified atom stereocenters. The lowest BCUT2D eigenvalue weighted by Crippen LogP contribution is -2.06. The number of hydrogen-bond acceptors (Lipinski definition) is 3. The monoisotopic (exact) mass is 279 g/mol. The average molecular weight is 280 g/mol. The van der Waals surface area contributed by atoms with Crippen LogP contribution in [0.25, 0.3) is 0 Å². The Morgan fingerprint density at radius 2 is 2.00 bits per heavy atom. The van der Waals surface area contributed by atoms with Crippen LogP contribution in [0, 0.1) is 13.8 Å². The molecule has 19 heavy (non-hydrogen) atoms. The van der Waals surface area contributed by atoms with Gasteiger partial charge < -0.3 is 14.5 Å². The maximum absolute atomic E-state index is 6.01. The van der Waals surface area contributed by atoms with Gasteiger partial charge >= 0.3 is 0 Å². The highest BCUT2D eigenvalue weighted by atomic mass is 35.5. The molecule has 3 nitrogen and oxygen atoms in total. The lowest BCUT2D eigenvalue weighted by Gasteiger charge is -2.15. The van der Waals surface area contributed by atoms with E-state index in [2.05, 4.69) is 18.3 Å². The molecule has 0 saturated carbocycles. The van der Waals surface area contributed by atoms with Crippen molar-refractivity contribution in [2.75, 3.05) is 12.4 Å². The highest BCUT2D eigenvalue weighted by molar-refractivity contribution is 6.32. The van der Waals surface area contributed by atoms with Gasteiger partial charge in [0.15, 0.2) is 0 Å². The van der Waals surface area contributed by atoms with E-state index in [1.165, 1.54) is 0 Å². The summed E-state index contributed by atoms with van der Waals surface area (Å²) < 4.78 is 10.8. The second kappa shape index (κ2) is 5.57. The first-order chi connectivity index (χ1) is 9.01. The van der Waals surface area contributed by atoms with E-state index in [9.17, 15) is 0 Å². The molecule has 2 rings (SSSR count). The van der Waals surface area contributed by atoms with E-state index >= 15 is 0 Å². The number of benzene rings is 1. The summed E-state index contributed by atoms with van der Waals surface area (Å²) in [6.07, 6.45) is 0. The van der Waals surface area contributed by atoms with Gasteiger partial charge in [-0.2, -0.15) is 0 Å². The van der Waals surface area contributed by atoms with E-state index in [1.807, 2.05) is 32.0 Å². The molecule has 0 aliphatic carbocycles. The van der Waals surface area contributed by atoms with E-state index in [-0.39, 0.29) is 6.04 Å². The van der Waals surface area contributed by atoms with Gasteiger partial charge in [-0.25, -0.2) is 0 Å². The van der Waals surface area contributed by atoms with Crippen molar-refractivity contribution in [2.45, 2.75) is 26.8 Å². The minimum Gasteiger partial charge on any atom is -0.495 e. The van der Waals surface area contributed by atoms with Crippen molar-refractivity contribution in [1.82, 2.24) is 0 Å². The van der Waals surface area contributed by atoms with Crippen LogP contribution >= 0.6 is 11.6 Å². The summed E-state index contributed by atoms with van der Waals surface area (Å²) >= 11 is 6.01. The fourth-order valence-corrected chi connectivity index (χ4v) is 2.35. The molecule has 0 aliphatic heterocycles. The summed E-state index contributed by atoms with van der Waals surface area (Å²) in [7, 11) is 1.61. The van der Waals surface area contributed by atoms with Crippen LogP contribution in [-0.2, 0) is 0 Å². The zero-order valence-corrected chi connectivity index (χ0v) is 12.3. The van der Waals surface area contributed by atoms with Gasteiger partial charge in [-0.15, -0.1) is 0 Å². The van der Waals surface area contributed by atoms with Crippen LogP contribution in [0.15, 0.2) is 28.7 Å². The largest absolute Gasteiger partial charge is 0.495 e. The summed E-state index contributed by atoms with van der Waals surface area (Å²) in [6.45, 7) is 6.02. The van der Waals surface area contributed by atoms with Crippen LogP contribution in [0.5, 0.6) is 5.75 Å². The Labute approximate surface area is 118 Å². The molecule has 0 amide bonds. The molecule has 1 aromatic carbocycles. The number of rotatable bonds is 4. The van der Waals surface area contributed by atoms with E-state index in [4.69, 9.17) is 20.8 Å². The normalized spacial score (nSPS) is 12.3. The maximum atomic E-state index is 6.01. The lowest BCUT2D eigenvalue weighted by molar-refractivity contribution is 0.415. The number of methoxy groups -OCH3 is 1. The van der Waals surface area contributed by atoms with Gasteiger partial charge in [0.25, 0.3) is 0 Å². The molecular weight excluding hydrogens is 262 g/mol. The lowest BCUT2D eigenvalue weighted by atomic mass is 10.1. The molecule has 1 aromatic heterocycles. The van der Waals surface area contributed by atoms with Crippen LogP contribution in [0.3, 0.4) is 0 Å². The summed E-state index contributed by atoms with van der Waals surface area (Å²) in [6, 6.07) is 7.86. The maximum Gasteiger partial charge on any atom is 0.139 e. The Bertz CT molecular complexity index is 578. The topological polar surface area (TPSA) is 34.4 Å². The molecule has 1 atom stereocenters. The van der Waals surface area contributed by atoms with Crippen LogP contribution in [0.1, 0.15) is 30.0 Å². The Hall–Kier alpha value is -1.61. The van der Waals surface area contributed by atoms with Crippen molar-refractivity contribution in [2.24, 2.45) is 0 Å². The third-order valence-electron chi connectivity index (χ3n) is 3.08. The molecule has 0 spiro atoms. The molecule has 0 radical (unpaired) electrons. The first kappa shape index (κ1) is 13.8. The molecule has 0 aliphatic rings. The molecule has 2 aromatic rings. The molecule has 0 saturated heterocycles. The predicted octanol–water partition coefficient (Wildman–Crippen LogP) is 4.73. The second-order valence-corrected chi connectivity index (χ2v) is 4.99. The van der Waals surface area contributed by atoms with Crippen molar-refractivity contribution in [3.05, 3.63) is 46.4 Å². The number of hydrogen-bond donors (Lipinski definition) is 1. The molecule has 0 bridgehead atoms. The Morgan fingerprint density at radius 3 is 2.58 bits per heavy atom. The van der Waals surface area contributed by atoms with E-state index in [1.54, 1.807) is 7.11 Å². The fraction of sp³-hybridized carbons (Fsp3) is 0.333. The van der Waals surface area contributed by atoms with Crippen molar-refractivity contribution < 1.29 is 9.15 Å². The van der Waals surface area contributed by atoms with E-state index in [0.29, 0.717) is 10.8 Å². The smallest absolute Gasteiger partial charge is 0.139 e. The van der Waals surface area contributed by atoms with Crippen molar-refractivity contribution in [1.29, 1.82) is 0 Å². The van der Waals surface area contributed by atoms with Crippen molar-refractivity contribution >= 4 is 17.3 Å². The zero-order valence-electron chi connectivity index (χ0n) is 11.6. The number of ether oxygens (including phenoxy) is 1. The number of halogens is 1. The van der Waals surface area contributed by atoms with Gasteiger partial charge in [0.1, 0.15) is 17.3 Å². The van der Waals surface area contributed by atoms with Gasteiger partial charge in [0.05, 0.1) is 18.2 Å². The molecule has 4 heteroatoms. The molecule has 0 fully saturated rings. The summed E-state index contributed by atoms with van der Waals surface area (Å²) in [5.41, 5.74) is 2.12. The number of nitrogens with one attached hydrogen (secondary N) is 1. The van der Waals surface area contributed by atoms with Gasteiger partial charge in [0.2, 0.25) is 0 Å². The van der Waals surface area contributed by atoms with Crippen LogP contribution in [0.4, 0.5) is 5.69 Å². The Kier molecular flexibility index (Phi) is 4.05. The minimum atomic E-state index is 0.156. The molecular formula is C15H18ClNO2. The molecule has 102 valence electrons. The minimum absolute atomic E-state index is 0.156. The van der Waals surface area contributed by atoms with Crippen molar-refractivity contribution in [3.8, 4) is 5.75 Å². The Morgan fingerprint density at radius 1 is 1.26 bits per heavy atom. The average Bonchev–Trinajstić information content (AvgIpc) is 2.71.